The van der Waals surface area contributed by atoms with Gasteiger partial charge in [-0.2, -0.15) is 0 Å². The van der Waals surface area contributed by atoms with Gasteiger partial charge in [-0.3, -0.25) is 4.79 Å². The molecular weight excluding hydrogens is 304 g/mol. The Morgan fingerprint density at radius 1 is 1.41 bits per heavy atom. The summed E-state index contributed by atoms with van der Waals surface area (Å²) in [6.07, 6.45) is 2.18. The van der Waals surface area contributed by atoms with Gasteiger partial charge in [-0.05, 0) is 31.0 Å². The first-order valence-corrected chi connectivity index (χ1v) is 8.80. The SMILES string of the molecule is CCCS(=O)(=O)NC(C)C(=O)NCc1ccnc(N(C)C)c1. The maximum absolute atomic E-state index is 12.0. The van der Waals surface area contributed by atoms with Gasteiger partial charge in [0, 0.05) is 26.8 Å². The highest BCUT2D eigenvalue weighted by Crippen LogP contribution is 2.09. The van der Waals surface area contributed by atoms with Crippen LogP contribution in [0.15, 0.2) is 18.3 Å². The molecule has 1 aromatic heterocycles. The summed E-state index contributed by atoms with van der Waals surface area (Å²) in [4.78, 5) is 18.0. The summed E-state index contributed by atoms with van der Waals surface area (Å²) >= 11 is 0. The number of nitrogens with zero attached hydrogens (tertiary/aromatic N) is 2. The number of hydrogen-bond acceptors (Lipinski definition) is 5. The molecule has 1 aromatic rings. The molecule has 8 heteroatoms. The smallest absolute Gasteiger partial charge is 0.238 e. The van der Waals surface area contributed by atoms with Gasteiger partial charge in [0.2, 0.25) is 15.9 Å². The monoisotopic (exact) mass is 328 g/mol. The molecule has 0 saturated carbocycles. The van der Waals surface area contributed by atoms with Crippen LogP contribution in [0.1, 0.15) is 25.8 Å². The molecule has 0 aliphatic carbocycles. The Bertz CT molecular complexity index is 602. The number of anilines is 1. The molecule has 1 rings (SSSR count). The van der Waals surface area contributed by atoms with E-state index in [-0.39, 0.29) is 11.7 Å². The molecule has 2 N–H and O–H groups in total. The third-order valence-corrected chi connectivity index (χ3v) is 4.62. The van der Waals surface area contributed by atoms with Crippen LogP contribution < -0.4 is 14.9 Å². The average Bonchev–Trinajstić information content (AvgIpc) is 2.44. The normalized spacial score (nSPS) is 12.7. The van der Waals surface area contributed by atoms with Crippen LogP contribution in [0.25, 0.3) is 0 Å². The molecule has 22 heavy (non-hydrogen) atoms. The highest BCUT2D eigenvalue weighted by atomic mass is 32.2. The van der Waals surface area contributed by atoms with E-state index in [0.29, 0.717) is 13.0 Å². The Morgan fingerprint density at radius 3 is 2.68 bits per heavy atom. The Labute approximate surface area is 132 Å². The number of aromatic nitrogens is 1. The Hall–Kier alpha value is -1.67. The molecule has 0 aromatic carbocycles. The van der Waals surface area contributed by atoms with E-state index in [1.807, 2.05) is 25.1 Å². The van der Waals surface area contributed by atoms with Gasteiger partial charge in [0.1, 0.15) is 5.82 Å². The lowest BCUT2D eigenvalue weighted by molar-refractivity contribution is -0.122. The van der Waals surface area contributed by atoms with E-state index in [1.165, 1.54) is 6.92 Å². The maximum atomic E-state index is 12.0. The fourth-order valence-electron chi connectivity index (χ4n) is 1.81. The molecule has 1 amide bonds. The van der Waals surface area contributed by atoms with E-state index in [0.717, 1.165) is 11.4 Å². The number of pyridine rings is 1. The summed E-state index contributed by atoms with van der Waals surface area (Å²) in [6.45, 7) is 3.62. The predicted octanol–water partition coefficient (Wildman–Crippen LogP) is 0.482. The van der Waals surface area contributed by atoms with Gasteiger partial charge >= 0.3 is 0 Å². The van der Waals surface area contributed by atoms with Crippen molar-refractivity contribution in [1.29, 1.82) is 0 Å². The van der Waals surface area contributed by atoms with Crippen LogP contribution in [0.5, 0.6) is 0 Å². The predicted molar refractivity (Wildman–Crippen MR) is 87.1 cm³/mol. The first-order chi connectivity index (χ1) is 10.2. The summed E-state index contributed by atoms with van der Waals surface area (Å²) in [5.74, 6) is 0.451. The lowest BCUT2D eigenvalue weighted by atomic mass is 10.2. The van der Waals surface area contributed by atoms with Gasteiger partial charge in [-0.1, -0.05) is 6.92 Å². The van der Waals surface area contributed by atoms with Crippen molar-refractivity contribution >= 4 is 21.7 Å². The van der Waals surface area contributed by atoms with E-state index >= 15 is 0 Å². The van der Waals surface area contributed by atoms with Crippen molar-refractivity contribution in [3.05, 3.63) is 23.9 Å². The molecule has 0 aliphatic rings. The molecule has 0 radical (unpaired) electrons. The van der Waals surface area contributed by atoms with Crippen molar-refractivity contribution in [2.24, 2.45) is 0 Å². The summed E-state index contributed by atoms with van der Waals surface area (Å²) < 4.78 is 25.6. The van der Waals surface area contributed by atoms with Crippen LogP contribution >= 0.6 is 0 Å². The molecule has 0 aliphatic heterocycles. The van der Waals surface area contributed by atoms with Crippen LogP contribution in [0.2, 0.25) is 0 Å². The van der Waals surface area contributed by atoms with E-state index in [9.17, 15) is 13.2 Å². The van der Waals surface area contributed by atoms with Gasteiger partial charge in [-0.25, -0.2) is 18.1 Å². The zero-order valence-electron chi connectivity index (χ0n) is 13.5. The minimum absolute atomic E-state index is 0.0150. The largest absolute Gasteiger partial charge is 0.363 e. The third kappa shape index (κ3) is 5.98. The highest BCUT2D eigenvalue weighted by molar-refractivity contribution is 7.89. The quantitative estimate of drug-likeness (QED) is 0.724. The van der Waals surface area contributed by atoms with Crippen LogP contribution in [0, 0.1) is 0 Å². The minimum atomic E-state index is -3.40. The van der Waals surface area contributed by atoms with Crippen molar-refractivity contribution in [3.63, 3.8) is 0 Å². The van der Waals surface area contributed by atoms with E-state index in [4.69, 9.17) is 0 Å². The fraction of sp³-hybridized carbons (Fsp3) is 0.571. The molecule has 124 valence electrons. The zero-order chi connectivity index (χ0) is 16.8. The van der Waals surface area contributed by atoms with E-state index < -0.39 is 16.1 Å². The summed E-state index contributed by atoms with van der Waals surface area (Å²) in [7, 11) is 0.364. The van der Waals surface area contributed by atoms with Crippen molar-refractivity contribution in [3.8, 4) is 0 Å². The Morgan fingerprint density at radius 2 is 2.09 bits per heavy atom. The minimum Gasteiger partial charge on any atom is -0.363 e. The lowest BCUT2D eigenvalue weighted by Gasteiger charge is -2.15. The molecule has 0 fully saturated rings. The van der Waals surface area contributed by atoms with Crippen LogP contribution in [0.4, 0.5) is 5.82 Å². The second-order valence-corrected chi connectivity index (χ2v) is 7.17. The van der Waals surface area contributed by atoms with Crippen LogP contribution in [0.3, 0.4) is 0 Å². The van der Waals surface area contributed by atoms with Gasteiger partial charge in [-0.15, -0.1) is 0 Å². The average molecular weight is 328 g/mol. The number of carbonyl (C=O) groups is 1. The lowest BCUT2D eigenvalue weighted by Crippen LogP contribution is -2.45. The second-order valence-electron chi connectivity index (χ2n) is 5.29. The number of sulfonamides is 1. The number of hydrogen-bond donors (Lipinski definition) is 2. The molecule has 1 unspecified atom stereocenters. The molecule has 0 spiro atoms. The van der Waals surface area contributed by atoms with Crippen molar-refractivity contribution in [2.75, 3.05) is 24.7 Å². The third-order valence-electron chi connectivity index (χ3n) is 2.96. The van der Waals surface area contributed by atoms with Crippen molar-refractivity contribution in [1.82, 2.24) is 15.0 Å². The second kappa shape index (κ2) is 8.09. The fourth-order valence-corrected chi connectivity index (χ4v) is 3.11. The molecular formula is C14H24N4O3S. The number of nitrogens with one attached hydrogen (secondary N) is 2. The summed E-state index contributed by atoms with van der Waals surface area (Å²) in [6, 6.07) is 2.87. The number of carbonyl (C=O) groups excluding carboxylic acids is 1. The van der Waals surface area contributed by atoms with Crippen molar-refractivity contribution < 1.29 is 13.2 Å². The topological polar surface area (TPSA) is 91.4 Å². The molecule has 1 atom stereocenters. The Kier molecular flexibility index (Phi) is 6.76. The number of rotatable bonds is 8. The standard InChI is InChI=1S/C14H24N4O3S/c1-5-8-22(20,21)17-11(2)14(19)16-10-12-6-7-15-13(9-12)18(3)4/h6-7,9,11,17H,5,8,10H2,1-4H3,(H,16,19). The maximum Gasteiger partial charge on any atom is 0.238 e. The zero-order valence-corrected chi connectivity index (χ0v) is 14.3. The molecule has 1 heterocycles. The van der Waals surface area contributed by atoms with E-state index in [2.05, 4.69) is 15.0 Å². The van der Waals surface area contributed by atoms with E-state index in [1.54, 1.807) is 19.2 Å². The number of amides is 1. The first kappa shape index (κ1) is 18.4. The van der Waals surface area contributed by atoms with Crippen molar-refractivity contribution in [2.45, 2.75) is 32.9 Å². The van der Waals surface area contributed by atoms with Gasteiger partial charge < -0.3 is 10.2 Å². The van der Waals surface area contributed by atoms with Crippen LogP contribution in [-0.4, -0.2) is 45.2 Å². The van der Waals surface area contributed by atoms with Gasteiger partial charge in [0.15, 0.2) is 0 Å². The summed E-state index contributed by atoms with van der Waals surface area (Å²) in [5.41, 5.74) is 0.899. The van der Waals surface area contributed by atoms with Gasteiger partial charge in [0.05, 0.1) is 11.8 Å². The molecule has 7 nitrogen and oxygen atoms in total. The summed E-state index contributed by atoms with van der Waals surface area (Å²) in [5, 5.41) is 2.72. The first-order valence-electron chi connectivity index (χ1n) is 7.15. The Balaban J connectivity index is 2.57. The molecule has 0 bridgehead atoms. The van der Waals surface area contributed by atoms with Crippen LogP contribution in [-0.2, 0) is 21.4 Å². The molecule has 0 saturated heterocycles. The van der Waals surface area contributed by atoms with Gasteiger partial charge in [0.25, 0.3) is 0 Å². The highest BCUT2D eigenvalue weighted by Gasteiger charge is 2.19.